The smallest absolute Gasteiger partial charge is 0.197 e. The van der Waals surface area contributed by atoms with Crippen LogP contribution < -0.4 is 0 Å². The Morgan fingerprint density at radius 1 is 0.895 bits per heavy atom. The molecule has 3 aromatic heterocycles. The molecule has 0 aliphatic carbocycles. The van der Waals surface area contributed by atoms with Crippen LogP contribution in [-0.2, 0) is 14.1 Å². The summed E-state index contributed by atoms with van der Waals surface area (Å²) in [5.41, 5.74) is 3.95. The second-order valence-electron chi connectivity index (χ2n) is 4.42. The largest absolute Gasteiger partial charge is 0.349 e. The Labute approximate surface area is 119 Å². The molecule has 3 rings (SSSR count). The van der Waals surface area contributed by atoms with Crippen LogP contribution in [0.15, 0.2) is 47.5 Å². The summed E-state index contributed by atoms with van der Waals surface area (Å²) in [5.74, 6) is 0. The molecule has 0 atom stereocenters. The highest BCUT2D eigenvalue weighted by Gasteiger charge is 2.10. The molecule has 0 aliphatic rings. The molecule has 0 aromatic carbocycles. The molecule has 3 heterocycles. The third-order valence-electron chi connectivity index (χ3n) is 3.11. The molecule has 4 nitrogen and oxygen atoms in total. The molecule has 0 spiro atoms. The minimum Gasteiger partial charge on any atom is -0.349 e. The topological polar surface area (TPSA) is 35.6 Å². The van der Waals surface area contributed by atoms with Gasteiger partial charge >= 0.3 is 0 Å². The van der Waals surface area contributed by atoms with Crippen molar-refractivity contribution in [3.8, 4) is 22.8 Å². The van der Waals surface area contributed by atoms with Crippen LogP contribution in [0.1, 0.15) is 0 Å². The average Bonchev–Trinajstić information content (AvgIpc) is 2.97. The summed E-state index contributed by atoms with van der Waals surface area (Å²) in [6.07, 6.45) is 4.01. The van der Waals surface area contributed by atoms with E-state index >= 15 is 0 Å². The first-order valence-corrected chi connectivity index (χ1v) is 6.72. The van der Waals surface area contributed by atoms with Crippen molar-refractivity contribution in [2.45, 2.75) is 0 Å². The molecular formula is C14H13BrN4. The van der Waals surface area contributed by atoms with E-state index in [0.29, 0.717) is 4.73 Å². The second kappa shape index (κ2) is 4.66. The Hall–Kier alpha value is -1.88. The highest BCUT2D eigenvalue weighted by atomic mass is 79.9. The first kappa shape index (κ1) is 12.2. The van der Waals surface area contributed by atoms with E-state index in [-0.39, 0.29) is 0 Å². The van der Waals surface area contributed by atoms with Crippen molar-refractivity contribution in [2.75, 3.05) is 0 Å². The van der Waals surface area contributed by atoms with Gasteiger partial charge in [0.1, 0.15) is 0 Å². The molecule has 0 bridgehead atoms. The fraction of sp³-hybridized carbons (Fsp3) is 0.143. The number of aromatic nitrogens is 4. The third-order valence-corrected chi connectivity index (χ3v) is 3.47. The zero-order valence-corrected chi connectivity index (χ0v) is 12.3. The molecule has 0 unspecified atom stereocenters. The molecule has 3 aromatic rings. The van der Waals surface area contributed by atoms with Gasteiger partial charge in [-0.3, -0.25) is 0 Å². The fourth-order valence-corrected chi connectivity index (χ4v) is 2.52. The molecule has 0 aliphatic heterocycles. The lowest BCUT2D eigenvalue weighted by molar-refractivity contribution is 0.916. The Kier molecular flexibility index (Phi) is 2.98. The van der Waals surface area contributed by atoms with Gasteiger partial charge in [0.15, 0.2) is 4.73 Å². The molecule has 0 saturated carbocycles. The quantitative estimate of drug-likeness (QED) is 0.680. The van der Waals surface area contributed by atoms with Crippen LogP contribution in [0.2, 0.25) is 0 Å². The van der Waals surface area contributed by atoms with Gasteiger partial charge in [0.2, 0.25) is 0 Å². The van der Waals surface area contributed by atoms with Gasteiger partial charge in [-0.15, -0.1) is 0 Å². The standard InChI is InChI=1S/C14H13BrN4/c1-18-7-3-5-12(18)10-9-11(17-14(15)16-10)13-6-4-8-19(13)2/h3-9H,1-2H3. The minimum atomic E-state index is 0.599. The van der Waals surface area contributed by atoms with E-state index in [0.717, 1.165) is 22.8 Å². The maximum Gasteiger partial charge on any atom is 0.197 e. The van der Waals surface area contributed by atoms with E-state index in [1.807, 2.05) is 66.0 Å². The lowest BCUT2D eigenvalue weighted by Gasteiger charge is -2.07. The maximum atomic E-state index is 4.45. The van der Waals surface area contributed by atoms with Crippen LogP contribution in [0, 0.1) is 0 Å². The molecule has 19 heavy (non-hydrogen) atoms. The van der Waals surface area contributed by atoms with E-state index in [1.54, 1.807) is 0 Å². The predicted octanol–water partition coefficient (Wildman–Crippen LogP) is 3.25. The van der Waals surface area contributed by atoms with E-state index in [4.69, 9.17) is 0 Å². The summed E-state index contributed by atoms with van der Waals surface area (Å²) in [5, 5.41) is 0. The molecular weight excluding hydrogens is 304 g/mol. The summed E-state index contributed by atoms with van der Waals surface area (Å²) >= 11 is 3.39. The zero-order chi connectivity index (χ0) is 13.4. The Morgan fingerprint density at radius 3 is 1.74 bits per heavy atom. The van der Waals surface area contributed by atoms with E-state index in [2.05, 4.69) is 25.9 Å². The van der Waals surface area contributed by atoms with Gasteiger partial charge in [-0.25, -0.2) is 9.97 Å². The van der Waals surface area contributed by atoms with Crippen LogP contribution in [-0.4, -0.2) is 19.1 Å². The normalized spacial score (nSPS) is 10.9. The van der Waals surface area contributed by atoms with Crippen molar-refractivity contribution in [3.63, 3.8) is 0 Å². The number of aryl methyl sites for hydroxylation is 2. The number of hydrogen-bond donors (Lipinski definition) is 0. The summed E-state index contributed by atoms with van der Waals surface area (Å²) in [4.78, 5) is 8.90. The average molecular weight is 317 g/mol. The second-order valence-corrected chi connectivity index (χ2v) is 5.13. The van der Waals surface area contributed by atoms with Crippen molar-refractivity contribution < 1.29 is 0 Å². The lowest BCUT2D eigenvalue weighted by atomic mass is 10.2. The number of hydrogen-bond acceptors (Lipinski definition) is 2. The van der Waals surface area contributed by atoms with Gasteiger partial charge in [0.05, 0.1) is 22.8 Å². The van der Waals surface area contributed by atoms with Gasteiger partial charge in [0, 0.05) is 26.5 Å². The molecule has 0 fully saturated rings. The van der Waals surface area contributed by atoms with Crippen LogP contribution in [0.5, 0.6) is 0 Å². The van der Waals surface area contributed by atoms with Gasteiger partial charge in [-0.1, -0.05) is 0 Å². The highest BCUT2D eigenvalue weighted by molar-refractivity contribution is 9.10. The molecule has 0 saturated heterocycles. The van der Waals surface area contributed by atoms with Crippen molar-refractivity contribution in [2.24, 2.45) is 14.1 Å². The summed E-state index contributed by atoms with van der Waals surface area (Å²) in [7, 11) is 4.01. The predicted molar refractivity (Wildman–Crippen MR) is 78.5 cm³/mol. The van der Waals surface area contributed by atoms with E-state index < -0.39 is 0 Å². The first-order chi connectivity index (χ1) is 9.15. The zero-order valence-electron chi connectivity index (χ0n) is 10.7. The van der Waals surface area contributed by atoms with Gasteiger partial charge in [-0.05, 0) is 46.3 Å². The van der Waals surface area contributed by atoms with Gasteiger partial charge in [0.25, 0.3) is 0 Å². The van der Waals surface area contributed by atoms with Gasteiger partial charge in [-0.2, -0.15) is 0 Å². The molecule has 0 amide bonds. The molecule has 5 heteroatoms. The number of halogens is 1. The third kappa shape index (κ3) is 2.21. The lowest BCUT2D eigenvalue weighted by Crippen LogP contribution is -1.98. The summed E-state index contributed by atoms with van der Waals surface area (Å²) < 4.78 is 4.69. The van der Waals surface area contributed by atoms with E-state index in [1.165, 1.54) is 0 Å². The Balaban J connectivity index is 2.17. The SMILES string of the molecule is Cn1cccc1-c1cc(-c2cccn2C)nc(Br)n1. The monoisotopic (exact) mass is 316 g/mol. The highest BCUT2D eigenvalue weighted by Crippen LogP contribution is 2.25. The molecule has 0 N–H and O–H groups in total. The van der Waals surface area contributed by atoms with Crippen LogP contribution in [0.3, 0.4) is 0 Å². The van der Waals surface area contributed by atoms with Crippen LogP contribution >= 0.6 is 15.9 Å². The van der Waals surface area contributed by atoms with Crippen molar-refractivity contribution in [1.82, 2.24) is 19.1 Å². The van der Waals surface area contributed by atoms with Crippen LogP contribution in [0.4, 0.5) is 0 Å². The van der Waals surface area contributed by atoms with Crippen molar-refractivity contribution in [3.05, 3.63) is 47.5 Å². The summed E-state index contributed by atoms with van der Waals surface area (Å²) in [6.45, 7) is 0. The summed E-state index contributed by atoms with van der Waals surface area (Å²) in [6, 6.07) is 10.1. The van der Waals surface area contributed by atoms with Crippen molar-refractivity contribution in [1.29, 1.82) is 0 Å². The Bertz CT molecular complexity index is 668. The molecule has 0 radical (unpaired) electrons. The first-order valence-electron chi connectivity index (χ1n) is 5.93. The molecule has 96 valence electrons. The fourth-order valence-electron chi connectivity index (χ4n) is 2.13. The minimum absolute atomic E-state index is 0.599. The van der Waals surface area contributed by atoms with Crippen LogP contribution in [0.25, 0.3) is 22.8 Å². The number of nitrogens with zero attached hydrogens (tertiary/aromatic N) is 4. The van der Waals surface area contributed by atoms with Gasteiger partial charge < -0.3 is 9.13 Å². The van der Waals surface area contributed by atoms with Crippen molar-refractivity contribution >= 4 is 15.9 Å². The maximum absolute atomic E-state index is 4.45. The Morgan fingerprint density at radius 2 is 1.37 bits per heavy atom. The number of rotatable bonds is 2. The van der Waals surface area contributed by atoms with E-state index in [9.17, 15) is 0 Å².